The summed E-state index contributed by atoms with van der Waals surface area (Å²) < 4.78 is 13.8. The number of carbonyl (C=O) groups is 2. The van der Waals surface area contributed by atoms with Crippen LogP contribution in [0.15, 0.2) is 55.1 Å². The second-order valence-electron chi connectivity index (χ2n) is 10.9. The maximum absolute atomic E-state index is 14.5. The van der Waals surface area contributed by atoms with Gasteiger partial charge in [-0.15, -0.1) is 0 Å². The lowest BCUT2D eigenvalue weighted by molar-refractivity contribution is -0.130. The first-order chi connectivity index (χ1) is 20.2. The van der Waals surface area contributed by atoms with Crippen molar-refractivity contribution in [1.82, 2.24) is 30.2 Å². The first-order valence-corrected chi connectivity index (χ1v) is 14.4. The van der Waals surface area contributed by atoms with E-state index in [9.17, 15) is 14.0 Å². The number of piperidine rings is 1. The molecule has 0 aliphatic carbocycles. The van der Waals surface area contributed by atoms with Gasteiger partial charge in [-0.3, -0.25) is 19.6 Å². The molecule has 1 fully saturated rings. The van der Waals surface area contributed by atoms with Crippen molar-refractivity contribution in [1.29, 1.82) is 0 Å². The quantitative estimate of drug-likeness (QED) is 0.258. The Morgan fingerprint density at radius 3 is 2.57 bits per heavy atom. The number of nitrogens with one attached hydrogen (secondary N) is 2. The summed E-state index contributed by atoms with van der Waals surface area (Å²) in [5.41, 5.74) is 3.87. The van der Waals surface area contributed by atoms with Crippen molar-refractivity contribution in [2.75, 3.05) is 32.0 Å². The molecule has 218 valence electrons. The Morgan fingerprint density at radius 2 is 1.88 bits per heavy atom. The highest BCUT2D eigenvalue weighted by molar-refractivity contribution is 7.81. The van der Waals surface area contributed by atoms with Gasteiger partial charge in [-0.2, -0.15) is 12.6 Å². The van der Waals surface area contributed by atoms with Gasteiger partial charge in [0, 0.05) is 62.5 Å². The Morgan fingerprint density at radius 1 is 1.10 bits per heavy atom. The molecule has 1 aromatic carbocycles. The summed E-state index contributed by atoms with van der Waals surface area (Å²) in [6, 6.07) is 11.3. The Labute approximate surface area is 249 Å². The molecule has 0 radical (unpaired) electrons. The van der Waals surface area contributed by atoms with Gasteiger partial charge in [-0.25, -0.2) is 14.4 Å². The molecule has 0 saturated carbocycles. The number of halogens is 1. The maximum Gasteiger partial charge on any atom is 0.254 e. The van der Waals surface area contributed by atoms with E-state index >= 15 is 0 Å². The van der Waals surface area contributed by atoms with Crippen molar-refractivity contribution in [3.63, 3.8) is 0 Å². The van der Waals surface area contributed by atoms with E-state index in [1.165, 1.54) is 13.4 Å². The van der Waals surface area contributed by atoms with Crippen molar-refractivity contribution in [2.45, 2.75) is 37.9 Å². The molecule has 4 heterocycles. The van der Waals surface area contributed by atoms with Gasteiger partial charge in [-0.1, -0.05) is 18.2 Å². The van der Waals surface area contributed by atoms with E-state index in [1.54, 1.807) is 19.1 Å². The summed E-state index contributed by atoms with van der Waals surface area (Å²) in [4.78, 5) is 43.7. The highest BCUT2D eigenvalue weighted by Gasteiger charge is 2.27. The number of hydrogen-bond acceptors (Lipinski definition) is 8. The molecular weight excluding hydrogens is 553 g/mol. The van der Waals surface area contributed by atoms with Crippen LogP contribution in [0.5, 0.6) is 0 Å². The van der Waals surface area contributed by atoms with E-state index < -0.39 is 16.5 Å². The molecule has 2 N–H and O–H groups in total. The van der Waals surface area contributed by atoms with Crippen LogP contribution in [0.4, 0.5) is 10.2 Å². The average molecular weight is 588 g/mol. The molecule has 11 heteroatoms. The van der Waals surface area contributed by atoms with Crippen molar-refractivity contribution < 1.29 is 14.0 Å². The van der Waals surface area contributed by atoms with E-state index in [0.29, 0.717) is 29.2 Å². The van der Waals surface area contributed by atoms with Gasteiger partial charge in [0.15, 0.2) is 5.82 Å². The highest BCUT2D eigenvalue weighted by Crippen LogP contribution is 2.35. The fourth-order valence-corrected chi connectivity index (χ4v) is 5.66. The zero-order valence-electron chi connectivity index (χ0n) is 23.9. The van der Waals surface area contributed by atoms with Gasteiger partial charge in [0.2, 0.25) is 5.91 Å². The summed E-state index contributed by atoms with van der Waals surface area (Å²) in [5.74, 6) is 0.0982. The second-order valence-corrected chi connectivity index (χ2v) is 11.9. The van der Waals surface area contributed by atoms with Gasteiger partial charge in [0.25, 0.3) is 5.91 Å². The van der Waals surface area contributed by atoms with E-state index in [-0.39, 0.29) is 11.5 Å². The molecule has 0 spiro atoms. The molecule has 42 heavy (non-hydrogen) atoms. The fraction of sp³-hybridized carbons (Fsp3) is 0.355. The fourth-order valence-electron chi connectivity index (χ4n) is 5.40. The average Bonchev–Trinajstić information content (AvgIpc) is 3.00. The third-order valence-electron chi connectivity index (χ3n) is 7.84. The third-order valence-corrected chi connectivity index (χ3v) is 8.24. The van der Waals surface area contributed by atoms with Crippen LogP contribution in [-0.4, -0.2) is 63.3 Å². The molecule has 3 aromatic heterocycles. The van der Waals surface area contributed by atoms with Crippen molar-refractivity contribution >= 4 is 41.2 Å². The summed E-state index contributed by atoms with van der Waals surface area (Å²) in [6.07, 6.45) is 7.29. The number of benzene rings is 1. The second kappa shape index (κ2) is 12.4. The molecular formula is C31H34FN7O2S. The first kappa shape index (κ1) is 29.4. The lowest BCUT2D eigenvalue weighted by atomic mass is 9.92. The number of hydrogen-bond donors (Lipinski definition) is 3. The number of aromatic nitrogens is 4. The summed E-state index contributed by atoms with van der Waals surface area (Å²) >= 11 is 4.92. The third kappa shape index (κ3) is 6.35. The number of pyridine rings is 2. The smallest absolute Gasteiger partial charge is 0.254 e. The molecule has 4 aromatic rings. The van der Waals surface area contributed by atoms with E-state index in [2.05, 4.69) is 30.6 Å². The van der Waals surface area contributed by atoms with Crippen molar-refractivity contribution in [3.05, 3.63) is 77.8 Å². The Kier molecular flexibility index (Phi) is 8.67. The van der Waals surface area contributed by atoms with Gasteiger partial charge in [0.1, 0.15) is 12.1 Å². The normalized spacial score (nSPS) is 15.3. The van der Waals surface area contributed by atoms with Crippen molar-refractivity contribution in [3.8, 4) is 11.3 Å². The summed E-state index contributed by atoms with van der Waals surface area (Å²) in [5, 5.41) is 6.26. The van der Waals surface area contributed by atoms with Crippen LogP contribution in [0, 0.1) is 11.7 Å². The minimum atomic E-state index is -0.737. The van der Waals surface area contributed by atoms with Crippen molar-refractivity contribution in [2.24, 2.45) is 5.92 Å². The van der Waals surface area contributed by atoms with Crippen LogP contribution in [0.1, 0.15) is 48.3 Å². The molecule has 1 atom stereocenters. The number of thiol groups is 1. The molecule has 1 aliphatic heterocycles. The number of fused-ring (bicyclic) bond motifs is 1. The molecule has 2 amide bonds. The molecule has 9 nitrogen and oxygen atoms in total. The van der Waals surface area contributed by atoms with E-state index in [1.807, 2.05) is 42.3 Å². The van der Waals surface area contributed by atoms with Crippen LogP contribution >= 0.6 is 12.6 Å². The minimum absolute atomic E-state index is 0.0418. The standard InChI is InChI=1S/C31H34FN7O2S/c1-19(40)39-11-9-20(10-12-39)13-22-8-7-21(15-34-22)26-14-27(38-18-37-26)36-17-31(2,42)24-6-4-5-23-28(30(41)33-3)25(32)16-35-29(23)24/h4-8,14-16,18,20,42H,9-13,17H2,1-3H3,(H,33,41)(H,36,37,38)/t31-/m1/s1. The lowest BCUT2D eigenvalue weighted by Crippen LogP contribution is -2.37. The molecule has 1 aliphatic rings. The maximum atomic E-state index is 14.5. The Hall–Kier alpha value is -4.12. The monoisotopic (exact) mass is 587 g/mol. The zero-order chi connectivity index (χ0) is 29.9. The number of anilines is 1. The molecule has 5 rings (SSSR count). The number of rotatable bonds is 8. The minimum Gasteiger partial charge on any atom is -0.368 e. The van der Waals surface area contributed by atoms with Gasteiger partial charge in [0.05, 0.1) is 27.7 Å². The predicted octanol–water partition coefficient (Wildman–Crippen LogP) is 4.64. The number of carbonyl (C=O) groups excluding carboxylic acids is 2. The van der Waals surface area contributed by atoms with Crippen LogP contribution in [0.25, 0.3) is 22.2 Å². The van der Waals surface area contributed by atoms with Crippen LogP contribution in [-0.2, 0) is 16.0 Å². The molecule has 0 bridgehead atoms. The summed E-state index contributed by atoms with van der Waals surface area (Å²) in [7, 11) is 1.47. The van der Waals surface area contributed by atoms with Crippen LogP contribution in [0.3, 0.4) is 0 Å². The van der Waals surface area contributed by atoms with Crippen LogP contribution < -0.4 is 10.6 Å². The molecule has 1 saturated heterocycles. The number of likely N-dealkylation sites (tertiary alicyclic amines) is 1. The van der Waals surface area contributed by atoms with Gasteiger partial charge < -0.3 is 15.5 Å². The van der Waals surface area contributed by atoms with E-state index in [4.69, 9.17) is 12.6 Å². The first-order valence-electron chi connectivity index (χ1n) is 13.9. The topological polar surface area (TPSA) is 113 Å². The lowest BCUT2D eigenvalue weighted by Gasteiger charge is -2.31. The van der Waals surface area contributed by atoms with Gasteiger partial charge in [-0.05, 0) is 49.8 Å². The SMILES string of the molecule is CNC(=O)c1c(F)cnc2c([C@](C)(S)CNc3cc(-c4ccc(CC5CCN(C(C)=O)CC5)nc4)ncn3)cccc12. The summed E-state index contributed by atoms with van der Waals surface area (Å²) in [6.45, 7) is 5.55. The Bertz CT molecular complexity index is 1610. The number of nitrogens with zero attached hydrogens (tertiary/aromatic N) is 5. The van der Waals surface area contributed by atoms with E-state index in [0.717, 1.165) is 61.1 Å². The predicted molar refractivity (Wildman–Crippen MR) is 164 cm³/mol. The molecule has 0 unspecified atom stereocenters. The zero-order valence-corrected chi connectivity index (χ0v) is 24.8. The largest absolute Gasteiger partial charge is 0.368 e. The van der Waals surface area contributed by atoms with Crippen LogP contribution in [0.2, 0.25) is 0 Å². The Balaban J connectivity index is 1.27. The highest BCUT2D eigenvalue weighted by atomic mass is 32.1. The number of para-hydroxylation sites is 1. The van der Waals surface area contributed by atoms with Gasteiger partial charge >= 0.3 is 0 Å². The number of amides is 2.